The van der Waals surface area contributed by atoms with Crippen molar-refractivity contribution in [1.29, 1.82) is 0 Å². The van der Waals surface area contributed by atoms with Gasteiger partial charge in [-0.2, -0.15) is 0 Å². The summed E-state index contributed by atoms with van der Waals surface area (Å²) in [6.07, 6.45) is 0.431. The van der Waals surface area contributed by atoms with Gasteiger partial charge in [-0.1, -0.05) is 57.2 Å². The van der Waals surface area contributed by atoms with Crippen LogP contribution in [0.2, 0.25) is 0 Å². The predicted octanol–water partition coefficient (Wildman–Crippen LogP) is 5.67. The van der Waals surface area contributed by atoms with Gasteiger partial charge in [0.2, 0.25) is 5.91 Å². The van der Waals surface area contributed by atoms with Crippen molar-refractivity contribution in [1.82, 2.24) is 9.55 Å². The molecule has 3 heterocycles. The first-order valence-corrected chi connectivity index (χ1v) is 12.6. The van der Waals surface area contributed by atoms with E-state index in [1.54, 1.807) is 0 Å². The highest BCUT2D eigenvalue weighted by Crippen LogP contribution is 2.38. The molecular weight excluding hydrogens is 450 g/mol. The Morgan fingerprint density at radius 1 is 0.944 bits per heavy atom. The first-order chi connectivity index (χ1) is 17.4. The molecule has 3 aromatic carbocycles. The molecule has 0 saturated carbocycles. The fraction of sp³-hybridized carbons (Fsp3) is 0.333. The van der Waals surface area contributed by atoms with Crippen molar-refractivity contribution in [3.8, 4) is 11.5 Å². The minimum atomic E-state index is 0.00643. The third kappa shape index (κ3) is 4.11. The lowest BCUT2D eigenvalue weighted by Crippen LogP contribution is -2.25. The number of imidazole rings is 1. The summed E-state index contributed by atoms with van der Waals surface area (Å²) in [6, 6.07) is 22.8. The Balaban J connectivity index is 1.32. The molecule has 1 aromatic heterocycles. The minimum absolute atomic E-state index is 0.00643. The summed E-state index contributed by atoms with van der Waals surface area (Å²) in [6.45, 7) is 9.07. The van der Waals surface area contributed by atoms with E-state index in [0.717, 1.165) is 34.8 Å². The third-order valence-electron chi connectivity index (χ3n) is 7.17. The molecule has 1 unspecified atom stereocenters. The molecule has 4 aromatic rings. The molecule has 1 fully saturated rings. The van der Waals surface area contributed by atoms with Crippen molar-refractivity contribution < 1.29 is 14.3 Å². The fourth-order valence-corrected chi connectivity index (χ4v) is 5.19. The zero-order chi connectivity index (χ0) is 24.9. The van der Waals surface area contributed by atoms with Crippen LogP contribution in [0.5, 0.6) is 11.5 Å². The van der Waals surface area contributed by atoms with Gasteiger partial charge in [0.15, 0.2) is 11.5 Å². The maximum Gasteiger partial charge on any atom is 0.227 e. The van der Waals surface area contributed by atoms with Crippen LogP contribution in [0.25, 0.3) is 11.0 Å². The Kier molecular flexibility index (Phi) is 5.47. The summed E-state index contributed by atoms with van der Waals surface area (Å²) in [5.41, 5.74) is 5.56. The molecule has 6 nitrogen and oxygen atoms in total. The van der Waals surface area contributed by atoms with Crippen LogP contribution in [0.4, 0.5) is 5.69 Å². The number of amides is 1. The summed E-state index contributed by atoms with van der Waals surface area (Å²) in [5.74, 6) is 2.50. The number of ether oxygens (including phenoxy) is 2. The van der Waals surface area contributed by atoms with Gasteiger partial charge in [0.05, 0.1) is 11.0 Å². The van der Waals surface area contributed by atoms with E-state index in [2.05, 4.69) is 55.7 Å². The second-order valence-electron chi connectivity index (χ2n) is 10.7. The monoisotopic (exact) mass is 481 g/mol. The number of carbonyl (C=O) groups is 1. The number of hydrogen-bond donors (Lipinski definition) is 0. The number of aromatic nitrogens is 2. The van der Waals surface area contributed by atoms with Gasteiger partial charge in [-0.15, -0.1) is 0 Å². The quantitative estimate of drug-likeness (QED) is 0.377. The first kappa shape index (κ1) is 22.7. The van der Waals surface area contributed by atoms with E-state index in [1.165, 1.54) is 11.1 Å². The van der Waals surface area contributed by atoms with Crippen LogP contribution in [0.1, 0.15) is 50.1 Å². The van der Waals surface area contributed by atoms with E-state index >= 15 is 0 Å². The normalized spacial score (nSPS) is 17.7. The van der Waals surface area contributed by atoms with Crippen molar-refractivity contribution >= 4 is 22.6 Å². The van der Waals surface area contributed by atoms with Crippen molar-refractivity contribution in [2.75, 3.05) is 24.7 Å². The van der Waals surface area contributed by atoms with Crippen molar-refractivity contribution in [3.63, 3.8) is 0 Å². The van der Waals surface area contributed by atoms with Crippen LogP contribution in [0.3, 0.4) is 0 Å². The van der Waals surface area contributed by atoms with Crippen molar-refractivity contribution in [2.45, 2.75) is 45.1 Å². The van der Waals surface area contributed by atoms with Gasteiger partial charge in [-0.05, 0) is 40.8 Å². The van der Waals surface area contributed by atoms with Crippen LogP contribution in [-0.2, 0) is 16.8 Å². The zero-order valence-electron chi connectivity index (χ0n) is 21.0. The Labute approximate surface area is 211 Å². The molecule has 1 atom stereocenters. The summed E-state index contributed by atoms with van der Waals surface area (Å²) in [5, 5.41) is 0. The van der Waals surface area contributed by atoms with E-state index in [9.17, 15) is 4.79 Å². The van der Waals surface area contributed by atoms with Crippen LogP contribution < -0.4 is 14.4 Å². The Morgan fingerprint density at radius 3 is 2.47 bits per heavy atom. The van der Waals surface area contributed by atoms with Gasteiger partial charge >= 0.3 is 0 Å². The highest BCUT2D eigenvalue weighted by atomic mass is 16.6. The second kappa shape index (κ2) is 8.70. The third-order valence-corrected chi connectivity index (χ3v) is 7.17. The Morgan fingerprint density at radius 2 is 1.69 bits per heavy atom. The van der Waals surface area contributed by atoms with Gasteiger partial charge in [0, 0.05) is 37.2 Å². The molecule has 0 N–H and O–H groups in total. The van der Waals surface area contributed by atoms with E-state index in [1.807, 2.05) is 41.3 Å². The number of carbonyl (C=O) groups excluding carboxylic acids is 1. The van der Waals surface area contributed by atoms with Crippen LogP contribution >= 0.6 is 0 Å². The van der Waals surface area contributed by atoms with Gasteiger partial charge in [-0.3, -0.25) is 4.79 Å². The number of para-hydroxylation sites is 2. The standard InChI is InChI=1S/C30H31N3O3/c1-30(2,3)22-10-8-20(9-11-22)18-33-25-7-5-4-6-24(25)31-29(33)21-16-28(34)32(19-21)23-12-13-26-27(17-23)36-15-14-35-26/h4-13,17,21H,14-16,18-19H2,1-3H3. The van der Waals surface area contributed by atoms with Gasteiger partial charge in [-0.25, -0.2) is 4.98 Å². The molecule has 0 bridgehead atoms. The molecule has 36 heavy (non-hydrogen) atoms. The summed E-state index contributed by atoms with van der Waals surface area (Å²) in [7, 11) is 0. The Bertz CT molecular complexity index is 1430. The zero-order valence-corrected chi connectivity index (χ0v) is 21.0. The molecule has 2 aliphatic rings. The molecule has 184 valence electrons. The molecule has 6 heteroatoms. The topological polar surface area (TPSA) is 56.6 Å². The van der Waals surface area contributed by atoms with Gasteiger partial charge < -0.3 is 18.9 Å². The minimum Gasteiger partial charge on any atom is -0.486 e. The number of nitrogens with zero attached hydrogens (tertiary/aromatic N) is 3. The lowest BCUT2D eigenvalue weighted by atomic mass is 9.87. The summed E-state index contributed by atoms with van der Waals surface area (Å²) < 4.78 is 13.7. The van der Waals surface area contributed by atoms with Crippen molar-refractivity contribution in [3.05, 3.63) is 83.7 Å². The molecule has 1 saturated heterocycles. The SMILES string of the molecule is CC(C)(C)c1ccc(Cn2c(C3CC(=O)N(c4ccc5c(c4)OCCO5)C3)nc3ccccc32)cc1. The molecule has 0 spiro atoms. The van der Waals surface area contributed by atoms with E-state index in [4.69, 9.17) is 14.5 Å². The maximum absolute atomic E-state index is 13.2. The lowest BCUT2D eigenvalue weighted by molar-refractivity contribution is -0.117. The first-order valence-electron chi connectivity index (χ1n) is 12.6. The molecular formula is C30H31N3O3. The molecule has 0 aliphatic carbocycles. The maximum atomic E-state index is 13.2. The predicted molar refractivity (Wildman–Crippen MR) is 141 cm³/mol. The average Bonchev–Trinajstić information content (AvgIpc) is 3.44. The second-order valence-corrected chi connectivity index (χ2v) is 10.7. The number of fused-ring (bicyclic) bond motifs is 2. The average molecular weight is 482 g/mol. The molecule has 1 amide bonds. The number of benzene rings is 3. The number of hydrogen-bond acceptors (Lipinski definition) is 4. The van der Waals surface area contributed by atoms with Crippen LogP contribution in [0, 0.1) is 0 Å². The smallest absolute Gasteiger partial charge is 0.227 e. The van der Waals surface area contributed by atoms with Crippen molar-refractivity contribution in [2.24, 2.45) is 0 Å². The van der Waals surface area contributed by atoms with E-state index in [-0.39, 0.29) is 17.2 Å². The summed E-state index contributed by atoms with van der Waals surface area (Å²) >= 11 is 0. The summed E-state index contributed by atoms with van der Waals surface area (Å²) in [4.78, 5) is 20.0. The van der Waals surface area contributed by atoms with Crippen LogP contribution in [0.15, 0.2) is 66.7 Å². The molecule has 0 radical (unpaired) electrons. The van der Waals surface area contributed by atoms with E-state index in [0.29, 0.717) is 31.9 Å². The molecule has 6 rings (SSSR count). The highest BCUT2D eigenvalue weighted by molar-refractivity contribution is 5.97. The number of rotatable bonds is 4. The fourth-order valence-electron chi connectivity index (χ4n) is 5.19. The van der Waals surface area contributed by atoms with E-state index < -0.39 is 0 Å². The lowest BCUT2D eigenvalue weighted by Gasteiger charge is -2.22. The molecule has 2 aliphatic heterocycles. The van der Waals surface area contributed by atoms with Crippen LogP contribution in [-0.4, -0.2) is 35.2 Å². The number of anilines is 1. The van der Waals surface area contributed by atoms with Gasteiger partial charge in [0.25, 0.3) is 0 Å². The largest absolute Gasteiger partial charge is 0.486 e. The van der Waals surface area contributed by atoms with Gasteiger partial charge in [0.1, 0.15) is 19.0 Å². The Hall–Kier alpha value is -3.80. The highest BCUT2D eigenvalue weighted by Gasteiger charge is 2.35.